The molecule has 2 aromatic rings. The minimum absolute atomic E-state index is 0.125. The van der Waals surface area contributed by atoms with Crippen molar-refractivity contribution in [3.05, 3.63) is 60.0 Å². The minimum Gasteiger partial charge on any atom is -0.357 e. The number of nitrogens with one attached hydrogen (secondary N) is 2. The summed E-state index contributed by atoms with van der Waals surface area (Å²) < 4.78 is 13.3. The normalized spacial score (nSPS) is 14.5. The van der Waals surface area contributed by atoms with Gasteiger partial charge in [0, 0.05) is 51.9 Å². The van der Waals surface area contributed by atoms with Crippen LogP contribution >= 0.6 is 0 Å². The second-order valence-electron chi connectivity index (χ2n) is 7.37. The Labute approximate surface area is 183 Å². The van der Waals surface area contributed by atoms with Gasteiger partial charge in [-0.15, -0.1) is 0 Å². The van der Waals surface area contributed by atoms with E-state index in [1.165, 1.54) is 12.1 Å². The number of hydrogen-bond acceptors (Lipinski definition) is 4. The molecular formula is C23H31FN6O. The van der Waals surface area contributed by atoms with E-state index in [1.807, 2.05) is 36.1 Å². The molecule has 1 aliphatic rings. The number of carbonyl (C=O) groups excluding carboxylic acids is 1. The zero-order valence-electron chi connectivity index (χ0n) is 18.1. The number of pyridine rings is 1. The van der Waals surface area contributed by atoms with E-state index >= 15 is 0 Å². The van der Waals surface area contributed by atoms with Gasteiger partial charge in [-0.3, -0.25) is 9.79 Å². The Morgan fingerprint density at radius 1 is 1.13 bits per heavy atom. The summed E-state index contributed by atoms with van der Waals surface area (Å²) in [4.78, 5) is 25.6. The highest BCUT2D eigenvalue weighted by Gasteiger charge is 2.21. The first-order valence-corrected chi connectivity index (χ1v) is 10.9. The quantitative estimate of drug-likeness (QED) is 0.499. The van der Waals surface area contributed by atoms with Gasteiger partial charge in [-0.05, 0) is 43.2 Å². The fourth-order valence-corrected chi connectivity index (χ4v) is 3.51. The van der Waals surface area contributed by atoms with Gasteiger partial charge in [-0.1, -0.05) is 18.2 Å². The number of benzene rings is 1. The topological polar surface area (TPSA) is 72.9 Å². The van der Waals surface area contributed by atoms with Crippen molar-refractivity contribution in [3.8, 4) is 0 Å². The maximum absolute atomic E-state index is 13.3. The molecule has 8 heteroatoms. The Bertz CT molecular complexity index is 852. The smallest absolute Gasteiger partial charge is 0.224 e. The number of nitrogens with zero attached hydrogens (tertiary/aromatic N) is 4. The Kier molecular flexibility index (Phi) is 8.63. The standard InChI is InChI=1S/C23H31FN6O/c1-2-25-23(27-12-9-19-6-5-7-20(24)18-19)28-13-10-22(31)30-16-14-29(15-17-30)21-8-3-4-11-26-21/h3-8,11,18H,2,9-10,12-17H2,1H3,(H2,25,27,28). The lowest BCUT2D eigenvalue weighted by Gasteiger charge is -2.35. The Hall–Kier alpha value is -3.16. The van der Waals surface area contributed by atoms with Crippen molar-refractivity contribution in [2.75, 3.05) is 50.7 Å². The summed E-state index contributed by atoms with van der Waals surface area (Å²) in [6, 6.07) is 12.5. The largest absolute Gasteiger partial charge is 0.357 e. The molecule has 7 nitrogen and oxygen atoms in total. The highest BCUT2D eigenvalue weighted by atomic mass is 19.1. The van der Waals surface area contributed by atoms with Gasteiger partial charge in [0.1, 0.15) is 11.6 Å². The van der Waals surface area contributed by atoms with E-state index in [4.69, 9.17) is 0 Å². The second kappa shape index (κ2) is 11.9. The molecule has 166 valence electrons. The minimum atomic E-state index is -0.225. The molecule has 2 heterocycles. The summed E-state index contributed by atoms with van der Waals surface area (Å²) >= 11 is 0. The van der Waals surface area contributed by atoms with Crippen LogP contribution in [0.25, 0.3) is 0 Å². The molecule has 31 heavy (non-hydrogen) atoms. The van der Waals surface area contributed by atoms with Gasteiger partial charge in [-0.25, -0.2) is 9.37 Å². The summed E-state index contributed by atoms with van der Waals surface area (Å²) in [5, 5.41) is 6.43. The molecule has 1 saturated heterocycles. The zero-order chi connectivity index (χ0) is 21.9. The van der Waals surface area contributed by atoms with Crippen molar-refractivity contribution in [2.45, 2.75) is 19.8 Å². The van der Waals surface area contributed by atoms with E-state index in [0.29, 0.717) is 45.0 Å². The van der Waals surface area contributed by atoms with Crippen LogP contribution in [0.5, 0.6) is 0 Å². The third kappa shape index (κ3) is 7.24. The van der Waals surface area contributed by atoms with Gasteiger partial charge in [0.05, 0.1) is 6.54 Å². The first kappa shape index (κ1) is 22.5. The van der Waals surface area contributed by atoms with Gasteiger partial charge < -0.3 is 20.4 Å². The van der Waals surface area contributed by atoms with E-state index < -0.39 is 0 Å². The molecule has 1 aromatic carbocycles. The number of aliphatic imine (C=N–C) groups is 1. The van der Waals surface area contributed by atoms with Crippen molar-refractivity contribution in [1.29, 1.82) is 0 Å². The predicted octanol–water partition coefficient (Wildman–Crippen LogP) is 2.06. The SMILES string of the molecule is CCNC(=NCCC(=O)N1CCN(c2ccccn2)CC1)NCCc1cccc(F)c1. The van der Waals surface area contributed by atoms with Crippen molar-refractivity contribution in [3.63, 3.8) is 0 Å². The molecule has 0 bridgehead atoms. The summed E-state index contributed by atoms with van der Waals surface area (Å²) in [6.45, 7) is 6.77. The van der Waals surface area contributed by atoms with E-state index in [0.717, 1.165) is 31.0 Å². The van der Waals surface area contributed by atoms with Crippen molar-refractivity contribution in [1.82, 2.24) is 20.5 Å². The third-order valence-electron chi connectivity index (χ3n) is 5.14. The van der Waals surface area contributed by atoms with Gasteiger partial charge in [0.2, 0.25) is 5.91 Å². The van der Waals surface area contributed by atoms with E-state index in [1.54, 1.807) is 12.3 Å². The van der Waals surface area contributed by atoms with Crippen molar-refractivity contribution in [2.24, 2.45) is 4.99 Å². The first-order chi connectivity index (χ1) is 15.2. The number of anilines is 1. The molecule has 3 rings (SSSR count). The zero-order valence-corrected chi connectivity index (χ0v) is 18.1. The molecule has 0 aliphatic carbocycles. The van der Waals surface area contributed by atoms with Gasteiger partial charge >= 0.3 is 0 Å². The monoisotopic (exact) mass is 426 g/mol. The number of aromatic nitrogens is 1. The van der Waals surface area contributed by atoms with E-state index in [9.17, 15) is 9.18 Å². The fraction of sp³-hybridized carbons (Fsp3) is 0.435. The van der Waals surface area contributed by atoms with Crippen LogP contribution in [-0.2, 0) is 11.2 Å². The molecule has 2 N–H and O–H groups in total. The first-order valence-electron chi connectivity index (χ1n) is 10.9. The average Bonchev–Trinajstić information content (AvgIpc) is 2.80. The van der Waals surface area contributed by atoms with E-state index in [2.05, 4.69) is 25.5 Å². The van der Waals surface area contributed by atoms with Gasteiger partial charge in [0.15, 0.2) is 5.96 Å². The number of rotatable bonds is 8. The van der Waals surface area contributed by atoms with Gasteiger partial charge in [0.25, 0.3) is 0 Å². The Balaban J connectivity index is 1.40. The lowest BCUT2D eigenvalue weighted by Crippen LogP contribution is -2.49. The Morgan fingerprint density at radius 2 is 1.97 bits per heavy atom. The third-order valence-corrected chi connectivity index (χ3v) is 5.14. The predicted molar refractivity (Wildman–Crippen MR) is 122 cm³/mol. The summed E-state index contributed by atoms with van der Waals surface area (Å²) in [5.74, 6) is 1.53. The number of hydrogen-bond donors (Lipinski definition) is 2. The van der Waals surface area contributed by atoms with Crippen LogP contribution in [0.1, 0.15) is 18.9 Å². The molecule has 1 aliphatic heterocycles. The highest BCUT2D eigenvalue weighted by molar-refractivity contribution is 5.81. The molecule has 0 unspecified atom stereocenters. The van der Waals surface area contributed by atoms with Crippen LogP contribution in [0.3, 0.4) is 0 Å². The number of halogens is 1. The summed E-state index contributed by atoms with van der Waals surface area (Å²) in [7, 11) is 0. The van der Waals surface area contributed by atoms with Crippen LogP contribution in [-0.4, -0.2) is 67.6 Å². The van der Waals surface area contributed by atoms with Crippen molar-refractivity contribution < 1.29 is 9.18 Å². The van der Waals surface area contributed by atoms with Crippen LogP contribution in [0.2, 0.25) is 0 Å². The average molecular weight is 427 g/mol. The summed E-state index contributed by atoms with van der Waals surface area (Å²) in [6.07, 6.45) is 2.87. The number of carbonyl (C=O) groups is 1. The molecule has 1 aromatic heterocycles. The lowest BCUT2D eigenvalue weighted by molar-refractivity contribution is -0.131. The lowest BCUT2D eigenvalue weighted by atomic mass is 10.1. The van der Waals surface area contributed by atoms with Crippen LogP contribution in [0.4, 0.5) is 10.2 Å². The number of piperazine rings is 1. The van der Waals surface area contributed by atoms with Gasteiger partial charge in [-0.2, -0.15) is 0 Å². The van der Waals surface area contributed by atoms with Crippen LogP contribution in [0, 0.1) is 5.82 Å². The molecule has 0 atom stereocenters. The number of guanidine groups is 1. The molecule has 1 fully saturated rings. The summed E-state index contributed by atoms with van der Waals surface area (Å²) in [5.41, 5.74) is 0.934. The fourth-order valence-electron chi connectivity index (χ4n) is 3.51. The second-order valence-corrected chi connectivity index (χ2v) is 7.37. The van der Waals surface area contributed by atoms with Crippen molar-refractivity contribution >= 4 is 17.7 Å². The van der Waals surface area contributed by atoms with Crippen LogP contribution < -0.4 is 15.5 Å². The molecular weight excluding hydrogens is 395 g/mol. The molecule has 0 spiro atoms. The maximum Gasteiger partial charge on any atom is 0.224 e. The molecule has 0 radical (unpaired) electrons. The van der Waals surface area contributed by atoms with E-state index in [-0.39, 0.29) is 11.7 Å². The Morgan fingerprint density at radius 3 is 2.68 bits per heavy atom. The molecule has 1 amide bonds. The highest BCUT2D eigenvalue weighted by Crippen LogP contribution is 2.13. The van der Waals surface area contributed by atoms with Crippen LogP contribution in [0.15, 0.2) is 53.7 Å². The number of amides is 1. The molecule has 0 saturated carbocycles. The maximum atomic E-state index is 13.3.